The molecule has 1 aromatic carbocycles. The second-order valence-electron chi connectivity index (χ2n) is 2.71. The molecule has 0 amide bonds. The number of Topliss-reactive ketones (excluding diaryl/α,β-unsaturated/α-hetero) is 1. The zero-order chi connectivity index (χ0) is 10.9. The van der Waals surface area contributed by atoms with Crippen LogP contribution in [0.4, 0.5) is 4.39 Å². The molecular weight excluding hydrogens is 383 g/mol. The van der Waals surface area contributed by atoms with Crippen molar-refractivity contribution < 1.29 is 9.18 Å². The SMILES string of the molecule is CC(=O)c1cc(Br)c(F)cc1C(Br)Br. The van der Waals surface area contributed by atoms with E-state index < -0.39 is 0 Å². The van der Waals surface area contributed by atoms with Crippen LogP contribution < -0.4 is 0 Å². The zero-order valence-corrected chi connectivity index (χ0v) is 11.9. The molecule has 0 aliphatic rings. The number of alkyl halides is 2. The van der Waals surface area contributed by atoms with Gasteiger partial charge in [-0.25, -0.2) is 4.39 Å². The average molecular weight is 389 g/mol. The van der Waals surface area contributed by atoms with E-state index in [0.717, 1.165) is 0 Å². The highest BCUT2D eigenvalue weighted by Crippen LogP contribution is 2.34. The van der Waals surface area contributed by atoms with Gasteiger partial charge in [-0.3, -0.25) is 4.79 Å². The quantitative estimate of drug-likeness (QED) is 0.535. The molecule has 1 nitrogen and oxygen atoms in total. The lowest BCUT2D eigenvalue weighted by Gasteiger charge is -2.09. The number of ketones is 1. The molecule has 1 rings (SSSR count). The molecule has 0 atom stereocenters. The summed E-state index contributed by atoms with van der Waals surface area (Å²) in [6.07, 6.45) is 0. The standard InChI is InChI=1S/C9H6Br3FO/c1-4(14)5-2-7(10)8(13)3-6(5)9(11)12/h2-3,9H,1H3. The molecule has 0 aromatic heterocycles. The smallest absolute Gasteiger partial charge is 0.160 e. The molecule has 0 saturated heterocycles. The summed E-state index contributed by atoms with van der Waals surface area (Å²) in [5.41, 5.74) is 1.09. The lowest BCUT2D eigenvalue weighted by atomic mass is 10.1. The van der Waals surface area contributed by atoms with Crippen molar-refractivity contribution >= 4 is 53.6 Å². The summed E-state index contributed by atoms with van der Waals surface area (Å²) in [6.45, 7) is 1.45. The summed E-state index contributed by atoms with van der Waals surface area (Å²) in [6, 6.07) is 2.82. The number of halogens is 4. The van der Waals surface area contributed by atoms with Crippen molar-refractivity contribution in [2.24, 2.45) is 0 Å². The molecule has 0 aliphatic heterocycles. The third kappa shape index (κ3) is 2.64. The third-order valence-corrected chi connectivity index (χ3v) is 3.30. The molecule has 0 unspecified atom stereocenters. The van der Waals surface area contributed by atoms with Crippen LogP contribution in [-0.4, -0.2) is 5.78 Å². The lowest BCUT2D eigenvalue weighted by Crippen LogP contribution is -2.00. The molecule has 0 saturated carbocycles. The maximum absolute atomic E-state index is 13.2. The van der Waals surface area contributed by atoms with Gasteiger partial charge in [0.15, 0.2) is 5.78 Å². The summed E-state index contributed by atoms with van der Waals surface area (Å²) in [5, 5.41) is 0. The van der Waals surface area contributed by atoms with Gasteiger partial charge in [-0.15, -0.1) is 0 Å². The number of rotatable bonds is 2. The largest absolute Gasteiger partial charge is 0.294 e. The fourth-order valence-corrected chi connectivity index (χ4v) is 2.15. The molecule has 14 heavy (non-hydrogen) atoms. The predicted octanol–water partition coefficient (Wildman–Crippen LogP) is 4.58. The molecular formula is C9H6Br3FO. The molecule has 0 heterocycles. The van der Waals surface area contributed by atoms with Crippen LogP contribution in [0.5, 0.6) is 0 Å². The fraction of sp³-hybridized carbons (Fsp3) is 0.222. The van der Waals surface area contributed by atoms with Gasteiger partial charge in [0.1, 0.15) is 5.82 Å². The van der Waals surface area contributed by atoms with E-state index in [1.807, 2.05) is 0 Å². The van der Waals surface area contributed by atoms with Crippen LogP contribution >= 0.6 is 47.8 Å². The Morgan fingerprint density at radius 2 is 2.00 bits per heavy atom. The second kappa shape index (κ2) is 4.86. The molecule has 5 heteroatoms. The van der Waals surface area contributed by atoms with Crippen molar-refractivity contribution in [2.45, 2.75) is 10.7 Å². The molecule has 0 aliphatic carbocycles. The summed E-state index contributed by atoms with van der Waals surface area (Å²) < 4.78 is 13.3. The Kier molecular flexibility index (Phi) is 4.28. The Labute approximate surface area is 106 Å². The maximum atomic E-state index is 13.2. The Morgan fingerprint density at radius 3 is 2.43 bits per heavy atom. The van der Waals surface area contributed by atoms with Gasteiger partial charge < -0.3 is 0 Å². The van der Waals surface area contributed by atoms with Gasteiger partial charge in [0.25, 0.3) is 0 Å². The molecule has 0 N–H and O–H groups in total. The van der Waals surface area contributed by atoms with Crippen molar-refractivity contribution in [3.8, 4) is 0 Å². The maximum Gasteiger partial charge on any atom is 0.160 e. The Hall–Kier alpha value is 0.260. The van der Waals surface area contributed by atoms with Crippen molar-refractivity contribution in [3.63, 3.8) is 0 Å². The van der Waals surface area contributed by atoms with E-state index >= 15 is 0 Å². The monoisotopic (exact) mass is 386 g/mol. The van der Waals surface area contributed by atoms with E-state index in [1.54, 1.807) is 0 Å². The van der Waals surface area contributed by atoms with Gasteiger partial charge in [0, 0.05) is 5.56 Å². The van der Waals surface area contributed by atoms with Crippen molar-refractivity contribution in [1.29, 1.82) is 0 Å². The summed E-state index contributed by atoms with van der Waals surface area (Å²) in [4.78, 5) is 11.2. The topological polar surface area (TPSA) is 17.1 Å². The van der Waals surface area contributed by atoms with Gasteiger partial charge in [-0.05, 0) is 40.5 Å². The number of benzene rings is 1. The van der Waals surface area contributed by atoms with Gasteiger partial charge in [0.05, 0.1) is 8.21 Å². The van der Waals surface area contributed by atoms with Gasteiger partial charge in [-0.2, -0.15) is 0 Å². The summed E-state index contributed by atoms with van der Waals surface area (Å²) in [5.74, 6) is -0.474. The van der Waals surface area contributed by atoms with Gasteiger partial charge in [-0.1, -0.05) is 31.9 Å². The van der Waals surface area contributed by atoms with Crippen molar-refractivity contribution in [3.05, 3.63) is 33.5 Å². The lowest BCUT2D eigenvalue weighted by molar-refractivity contribution is 0.101. The Bertz CT molecular complexity index is 377. The van der Waals surface area contributed by atoms with Crippen LogP contribution in [0.3, 0.4) is 0 Å². The van der Waals surface area contributed by atoms with Crippen LogP contribution in [0.2, 0.25) is 0 Å². The number of hydrogen-bond donors (Lipinski definition) is 0. The molecule has 1 aromatic rings. The molecule has 0 bridgehead atoms. The minimum Gasteiger partial charge on any atom is -0.294 e. The van der Waals surface area contributed by atoms with Gasteiger partial charge >= 0.3 is 0 Å². The fourth-order valence-electron chi connectivity index (χ4n) is 1.05. The van der Waals surface area contributed by atoms with E-state index in [0.29, 0.717) is 15.6 Å². The second-order valence-corrected chi connectivity index (χ2v) is 6.62. The highest BCUT2D eigenvalue weighted by molar-refractivity contribution is 9.24. The molecule has 76 valence electrons. The zero-order valence-electron chi connectivity index (χ0n) is 7.15. The average Bonchev–Trinajstić information content (AvgIpc) is 2.08. The van der Waals surface area contributed by atoms with E-state index in [4.69, 9.17) is 0 Å². The van der Waals surface area contributed by atoms with Crippen LogP contribution in [0.25, 0.3) is 0 Å². The first-order chi connectivity index (χ1) is 6.43. The number of hydrogen-bond acceptors (Lipinski definition) is 1. The Balaban J connectivity index is 3.39. The van der Waals surface area contributed by atoms with E-state index in [-0.39, 0.29) is 15.3 Å². The Morgan fingerprint density at radius 1 is 1.43 bits per heavy atom. The first-order valence-electron chi connectivity index (χ1n) is 3.71. The number of carbonyl (C=O) groups excluding carboxylic acids is 1. The van der Waals surface area contributed by atoms with Crippen LogP contribution in [-0.2, 0) is 0 Å². The summed E-state index contributed by atoms with van der Waals surface area (Å²) in [7, 11) is 0. The molecule has 0 spiro atoms. The first kappa shape index (κ1) is 12.3. The van der Waals surface area contributed by atoms with Crippen LogP contribution in [0.1, 0.15) is 26.6 Å². The van der Waals surface area contributed by atoms with Crippen LogP contribution in [0, 0.1) is 5.82 Å². The first-order valence-corrected chi connectivity index (χ1v) is 6.34. The molecule has 0 fully saturated rings. The van der Waals surface area contributed by atoms with E-state index in [1.165, 1.54) is 19.1 Å². The van der Waals surface area contributed by atoms with E-state index in [2.05, 4.69) is 47.8 Å². The molecule has 0 radical (unpaired) electrons. The normalized spacial score (nSPS) is 10.7. The number of carbonyl (C=O) groups is 1. The summed E-state index contributed by atoms with van der Waals surface area (Å²) >= 11 is 9.53. The van der Waals surface area contributed by atoms with Gasteiger partial charge in [0.2, 0.25) is 0 Å². The van der Waals surface area contributed by atoms with Crippen LogP contribution in [0.15, 0.2) is 16.6 Å². The van der Waals surface area contributed by atoms with Crippen molar-refractivity contribution in [1.82, 2.24) is 0 Å². The van der Waals surface area contributed by atoms with Crippen molar-refractivity contribution in [2.75, 3.05) is 0 Å². The third-order valence-electron chi connectivity index (χ3n) is 1.71. The predicted molar refractivity (Wildman–Crippen MR) is 64.7 cm³/mol. The van der Waals surface area contributed by atoms with E-state index in [9.17, 15) is 9.18 Å². The minimum atomic E-state index is -0.381. The minimum absolute atomic E-state index is 0.0930. The highest BCUT2D eigenvalue weighted by Gasteiger charge is 2.15. The highest BCUT2D eigenvalue weighted by atomic mass is 79.9.